The van der Waals surface area contributed by atoms with Crippen molar-refractivity contribution in [3.05, 3.63) is 136 Å². The molecule has 0 aromatic heterocycles. The minimum Gasteiger partial charge on any atom is -0.507 e. The largest absolute Gasteiger partial charge is 0.507 e. The summed E-state index contributed by atoms with van der Waals surface area (Å²) in [4.78, 5) is 29.3. The number of nitrogens with one attached hydrogen (secondary N) is 3. The van der Waals surface area contributed by atoms with Crippen molar-refractivity contribution in [2.45, 2.75) is 78.6 Å². The lowest BCUT2D eigenvalue weighted by Crippen LogP contribution is -2.25. The Morgan fingerprint density at radius 3 is 1.06 bits per heavy atom. The van der Waals surface area contributed by atoms with Crippen LogP contribution in [0.15, 0.2) is 97.1 Å². The average Bonchev–Trinajstić information content (AvgIpc) is 3.14. The van der Waals surface area contributed by atoms with Crippen LogP contribution in [0.3, 0.4) is 0 Å². The van der Waals surface area contributed by atoms with E-state index < -0.39 is 5.78 Å². The lowest BCUT2D eigenvalue weighted by molar-refractivity contribution is 0.0978. The van der Waals surface area contributed by atoms with Gasteiger partial charge < -0.3 is 21.1 Å². The Bertz CT molecular complexity index is 1960. The molecule has 256 valence electrons. The first-order valence-electron chi connectivity index (χ1n) is 18.1. The molecule has 1 aliphatic rings. The number of rotatable bonds is 15. The fourth-order valence-electron chi connectivity index (χ4n) is 6.57. The summed E-state index contributed by atoms with van der Waals surface area (Å²) in [5, 5.41) is 21.3. The van der Waals surface area contributed by atoms with Crippen LogP contribution in [-0.4, -0.2) is 16.7 Å². The molecule has 0 amide bonds. The van der Waals surface area contributed by atoms with Crippen LogP contribution in [-0.2, 0) is 19.3 Å². The first-order chi connectivity index (χ1) is 24.4. The highest BCUT2D eigenvalue weighted by molar-refractivity contribution is 6.34. The zero-order valence-corrected chi connectivity index (χ0v) is 29.4. The summed E-state index contributed by atoms with van der Waals surface area (Å²) in [5.41, 5.74) is 8.34. The highest BCUT2D eigenvalue weighted by atomic mass is 16.3. The number of unbranched alkanes of at least 4 members (excludes halogenated alkanes) is 3. The zero-order valence-electron chi connectivity index (χ0n) is 29.4. The van der Waals surface area contributed by atoms with E-state index in [9.17, 15) is 14.7 Å². The van der Waals surface area contributed by atoms with Gasteiger partial charge in [0, 0.05) is 17.1 Å². The smallest absolute Gasteiger partial charge is 0.200 e. The van der Waals surface area contributed by atoms with Gasteiger partial charge in [-0.25, -0.2) is 0 Å². The van der Waals surface area contributed by atoms with Crippen molar-refractivity contribution < 1.29 is 14.7 Å². The monoisotopic (exact) mass is 665 g/mol. The van der Waals surface area contributed by atoms with Gasteiger partial charge in [0.15, 0.2) is 11.6 Å². The van der Waals surface area contributed by atoms with Gasteiger partial charge in [-0.1, -0.05) is 76.4 Å². The number of carbonyl (C=O) groups excluding carboxylic acids is 2. The fourth-order valence-corrected chi connectivity index (χ4v) is 6.57. The minimum atomic E-state index is -0.411. The summed E-state index contributed by atoms with van der Waals surface area (Å²) in [6.45, 7) is 6.54. The zero-order chi connectivity index (χ0) is 35.0. The minimum absolute atomic E-state index is 0.00227. The van der Waals surface area contributed by atoms with Gasteiger partial charge in [-0.05, 0) is 116 Å². The van der Waals surface area contributed by atoms with Crippen LogP contribution in [0, 0.1) is 0 Å². The van der Waals surface area contributed by atoms with Gasteiger partial charge in [0.25, 0.3) is 0 Å². The van der Waals surface area contributed by atoms with Crippen molar-refractivity contribution in [3.8, 4) is 5.75 Å². The van der Waals surface area contributed by atoms with Crippen molar-refractivity contribution in [1.82, 2.24) is 0 Å². The predicted molar refractivity (Wildman–Crippen MR) is 206 cm³/mol. The molecule has 0 heterocycles. The second-order valence-corrected chi connectivity index (χ2v) is 13.2. The number of aromatic hydroxyl groups is 1. The molecule has 0 unspecified atom stereocenters. The maximum atomic E-state index is 14.8. The van der Waals surface area contributed by atoms with E-state index in [0.717, 1.165) is 74.8 Å². The summed E-state index contributed by atoms with van der Waals surface area (Å²) < 4.78 is 0. The molecule has 6 heteroatoms. The quantitative estimate of drug-likeness (QED) is 0.0816. The van der Waals surface area contributed by atoms with E-state index in [2.05, 4.69) is 73.1 Å². The molecule has 0 aliphatic heterocycles. The number of benzene rings is 5. The Kier molecular flexibility index (Phi) is 11.0. The molecule has 0 bridgehead atoms. The molecule has 0 atom stereocenters. The summed E-state index contributed by atoms with van der Waals surface area (Å²) in [5.74, 6) is -0.976. The van der Waals surface area contributed by atoms with Crippen LogP contribution in [0.4, 0.5) is 34.1 Å². The number of fused-ring (bicyclic) bond motifs is 2. The second-order valence-electron chi connectivity index (χ2n) is 13.2. The van der Waals surface area contributed by atoms with Crippen molar-refractivity contribution in [1.29, 1.82) is 0 Å². The Morgan fingerprint density at radius 1 is 0.420 bits per heavy atom. The van der Waals surface area contributed by atoms with Crippen LogP contribution in [0.1, 0.15) is 108 Å². The van der Waals surface area contributed by atoms with Gasteiger partial charge in [0.05, 0.1) is 39.3 Å². The molecule has 0 spiro atoms. The third kappa shape index (κ3) is 7.60. The van der Waals surface area contributed by atoms with Crippen LogP contribution in [0.25, 0.3) is 0 Å². The number of anilines is 6. The van der Waals surface area contributed by atoms with Gasteiger partial charge in [-0.3, -0.25) is 9.59 Å². The molecular weight excluding hydrogens is 619 g/mol. The third-order valence-electron chi connectivity index (χ3n) is 9.45. The first-order valence-corrected chi connectivity index (χ1v) is 18.1. The van der Waals surface area contributed by atoms with Gasteiger partial charge >= 0.3 is 0 Å². The molecule has 0 radical (unpaired) electrons. The van der Waals surface area contributed by atoms with Crippen LogP contribution in [0.2, 0.25) is 0 Å². The number of hydrogen-bond acceptors (Lipinski definition) is 6. The number of phenols is 1. The third-order valence-corrected chi connectivity index (χ3v) is 9.45. The van der Waals surface area contributed by atoms with E-state index in [0.29, 0.717) is 17.1 Å². The van der Waals surface area contributed by atoms with Gasteiger partial charge in [-0.2, -0.15) is 0 Å². The molecule has 1 aliphatic carbocycles. The van der Waals surface area contributed by atoms with E-state index in [1.54, 1.807) is 6.07 Å². The molecule has 0 fully saturated rings. The summed E-state index contributed by atoms with van der Waals surface area (Å²) >= 11 is 0. The normalized spacial score (nSPS) is 12.0. The number of aryl methyl sites for hydroxylation is 3. The summed E-state index contributed by atoms with van der Waals surface area (Å²) in [6, 6.07) is 31.4. The van der Waals surface area contributed by atoms with E-state index in [4.69, 9.17) is 0 Å². The summed E-state index contributed by atoms with van der Waals surface area (Å²) in [6.07, 6.45) is 9.77. The van der Waals surface area contributed by atoms with Gasteiger partial charge in [0.1, 0.15) is 5.75 Å². The predicted octanol–water partition coefficient (Wildman–Crippen LogP) is 11.4. The Hall–Kier alpha value is -5.36. The van der Waals surface area contributed by atoms with E-state index in [1.807, 2.05) is 48.5 Å². The molecule has 4 N–H and O–H groups in total. The van der Waals surface area contributed by atoms with Crippen molar-refractivity contribution in [2.24, 2.45) is 0 Å². The molecular formula is C44H47N3O3. The number of carbonyl (C=O) groups is 2. The van der Waals surface area contributed by atoms with Crippen molar-refractivity contribution >= 4 is 45.7 Å². The molecule has 5 aromatic carbocycles. The number of ketones is 2. The average molecular weight is 666 g/mol. The van der Waals surface area contributed by atoms with E-state index in [1.165, 1.54) is 22.8 Å². The highest BCUT2D eigenvalue weighted by Crippen LogP contribution is 2.44. The van der Waals surface area contributed by atoms with Crippen LogP contribution >= 0.6 is 0 Å². The molecule has 5 aromatic rings. The Labute approximate surface area is 296 Å². The molecule has 6 nitrogen and oxygen atoms in total. The molecule has 0 saturated carbocycles. The van der Waals surface area contributed by atoms with Gasteiger partial charge in [0.2, 0.25) is 0 Å². The lowest BCUT2D eigenvalue weighted by atomic mass is 9.80. The second kappa shape index (κ2) is 15.9. The lowest BCUT2D eigenvalue weighted by Gasteiger charge is -2.26. The topological polar surface area (TPSA) is 90.5 Å². The summed E-state index contributed by atoms with van der Waals surface area (Å²) in [7, 11) is 0. The van der Waals surface area contributed by atoms with Crippen molar-refractivity contribution in [2.75, 3.05) is 16.0 Å². The molecule has 0 saturated heterocycles. The van der Waals surface area contributed by atoms with Crippen LogP contribution < -0.4 is 16.0 Å². The maximum absolute atomic E-state index is 14.8. The maximum Gasteiger partial charge on any atom is 0.200 e. The Balaban J connectivity index is 1.40. The first kappa shape index (κ1) is 34.5. The number of hydrogen-bond donors (Lipinski definition) is 4. The van der Waals surface area contributed by atoms with E-state index >= 15 is 0 Å². The Morgan fingerprint density at radius 2 is 0.720 bits per heavy atom. The van der Waals surface area contributed by atoms with Gasteiger partial charge in [-0.15, -0.1) is 0 Å². The molecule has 6 rings (SSSR count). The van der Waals surface area contributed by atoms with Crippen LogP contribution in [0.5, 0.6) is 5.75 Å². The highest BCUT2D eigenvalue weighted by Gasteiger charge is 2.38. The fraction of sp³-hybridized carbons (Fsp3) is 0.273. The SMILES string of the molecule is CCCCc1ccc(Nc2ccc(O)c3c2C(=O)c2c(Nc4ccc(CCCC)cc4)ccc(Nc4ccc(CCCC)cc4)c2C3=O)cc1. The van der Waals surface area contributed by atoms with Crippen molar-refractivity contribution in [3.63, 3.8) is 0 Å². The van der Waals surface area contributed by atoms with E-state index in [-0.39, 0.29) is 33.8 Å². The molecule has 50 heavy (non-hydrogen) atoms. The standard InChI is InChI=1S/C44H47N3O3/c1-4-7-10-29-13-19-32(20-14-29)45-35-25-26-36(46-33-21-15-30(16-22-33)11-8-5-2)40-39(35)43(49)41-37(27-28-38(48)42(41)44(40)50)47-34-23-17-31(18-24-34)12-9-6-3/h13-28,45-48H,4-12H2,1-3H3. The number of phenolic OH excluding ortho intramolecular Hbond substituents is 1.